The quantitative estimate of drug-likeness (QED) is 0.0172. The fourth-order valence-electron chi connectivity index (χ4n) is 9.35. The molecule has 14 heteroatoms. The van der Waals surface area contributed by atoms with Crippen molar-refractivity contribution in [2.24, 2.45) is 0 Å². The topological polar surface area (TPSA) is 214 Å². The van der Waals surface area contributed by atoms with E-state index in [1.54, 1.807) is 0 Å². The predicted octanol–water partition coefficient (Wildman–Crippen LogP) is 10.5. The van der Waals surface area contributed by atoms with E-state index >= 15 is 0 Å². The van der Waals surface area contributed by atoms with Gasteiger partial charge in [-0.05, 0) is 51.4 Å². The van der Waals surface area contributed by atoms with Crippen LogP contribution < -0.4 is 0 Å². The zero-order valence-electron chi connectivity index (χ0n) is 45.9. The molecule has 11 atom stereocenters. The number of allylic oxidation sites excluding steroid dienone is 6. The fourth-order valence-corrected chi connectivity index (χ4v) is 9.35. The summed E-state index contributed by atoms with van der Waals surface area (Å²) >= 11 is 0. The van der Waals surface area contributed by atoms with Crippen LogP contribution in [0.5, 0.6) is 0 Å². The lowest BCUT2D eigenvalue weighted by atomic mass is 9.98. The Hall–Kier alpha value is -1.79. The van der Waals surface area contributed by atoms with E-state index in [-0.39, 0.29) is 25.6 Å². The summed E-state index contributed by atoms with van der Waals surface area (Å²) in [6, 6.07) is 0. The smallest absolute Gasteiger partial charge is 0.306 e. The van der Waals surface area contributed by atoms with E-state index in [2.05, 4.69) is 50.3 Å². The van der Waals surface area contributed by atoms with E-state index in [1.165, 1.54) is 135 Å². The molecule has 2 saturated heterocycles. The summed E-state index contributed by atoms with van der Waals surface area (Å²) < 4.78 is 34.4. The minimum absolute atomic E-state index is 0.0593. The van der Waals surface area contributed by atoms with Crippen molar-refractivity contribution < 1.29 is 69.0 Å². The Morgan fingerprint density at radius 1 is 0.452 bits per heavy atom. The first-order valence-corrected chi connectivity index (χ1v) is 29.6. The molecule has 0 aromatic heterocycles. The van der Waals surface area contributed by atoms with Crippen LogP contribution in [0.3, 0.4) is 0 Å². The lowest BCUT2D eigenvalue weighted by molar-refractivity contribution is -0.332. The molecule has 0 bridgehead atoms. The highest BCUT2D eigenvalue weighted by Crippen LogP contribution is 2.27. The minimum atomic E-state index is -1.71. The molecule has 2 fully saturated rings. The van der Waals surface area contributed by atoms with Gasteiger partial charge in [-0.3, -0.25) is 4.79 Å². The number of carbonyl (C=O) groups excluding carboxylic acids is 1. The van der Waals surface area contributed by atoms with Gasteiger partial charge in [0, 0.05) is 13.0 Å². The van der Waals surface area contributed by atoms with Crippen molar-refractivity contribution in [2.75, 3.05) is 33.0 Å². The number of hydrogen-bond acceptors (Lipinski definition) is 14. The van der Waals surface area contributed by atoms with Crippen molar-refractivity contribution in [1.82, 2.24) is 0 Å². The predicted molar refractivity (Wildman–Crippen MR) is 289 cm³/mol. The second-order valence-corrected chi connectivity index (χ2v) is 20.8. The Bertz CT molecular complexity index is 1350. The standard InChI is InChI=1S/C59H108O14/c1-3-5-7-9-11-13-15-17-19-21-23-25-27-29-31-33-35-37-39-41-43-68-45-48(71-51(61)42-40-38-36-34-32-30-28-26-24-22-20-18-16-14-12-10-8-6-4-2)46-69-58-57(67)55(65)53(63)50(73-58)47-70-59-56(66)54(64)52(62)49(44-60)72-59/h12,14,18,20,24,26,48-50,52-60,62-67H,3-11,13,15-17,19,21-23,25,27-47H2,1-2H3/b14-12-,20-18-,26-24-. The van der Waals surface area contributed by atoms with Gasteiger partial charge in [-0.2, -0.15) is 0 Å². The van der Waals surface area contributed by atoms with Gasteiger partial charge < -0.3 is 64.2 Å². The maximum absolute atomic E-state index is 13.1. The van der Waals surface area contributed by atoms with Crippen molar-refractivity contribution >= 4 is 5.97 Å². The molecular weight excluding hydrogens is 933 g/mol. The monoisotopic (exact) mass is 1040 g/mol. The van der Waals surface area contributed by atoms with Crippen LogP contribution in [0.1, 0.15) is 232 Å². The molecule has 0 aromatic rings. The van der Waals surface area contributed by atoms with Crippen LogP contribution in [-0.4, -0.2) is 142 Å². The molecule has 428 valence electrons. The third-order valence-electron chi connectivity index (χ3n) is 14.2. The van der Waals surface area contributed by atoms with Crippen LogP contribution in [-0.2, 0) is 33.2 Å². The van der Waals surface area contributed by atoms with Crippen molar-refractivity contribution in [1.29, 1.82) is 0 Å². The first kappa shape index (κ1) is 67.3. The summed E-state index contributed by atoms with van der Waals surface area (Å²) in [5.74, 6) is -0.385. The Balaban J connectivity index is 1.72. The van der Waals surface area contributed by atoms with Crippen LogP contribution in [0, 0.1) is 0 Å². The van der Waals surface area contributed by atoms with Crippen LogP contribution in [0.15, 0.2) is 36.5 Å². The number of hydrogen-bond donors (Lipinski definition) is 7. The van der Waals surface area contributed by atoms with Crippen molar-refractivity contribution in [3.8, 4) is 0 Å². The largest absolute Gasteiger partial charge is 0.457 e. The molecule has 0 aromatic carbocycles. The van der Waals surface area contributed by atoms with Crippen molar-refractivity contribution in [3.05, 3.63) is 36.5 Å². The van der Waals surface area contributed by atoms with Gasteiger partial charge in [-0.15, -0.1) is 0 Å². The zero-order valence-corrected chi connectivity index (χ0v) is 45.9. The van der Waals surface area contributed by atoms with E-state index in [4.69, 9.17) is 28.4 Å². The summed E-state index contributed by atoms with van der Waals surface area (Å²) in [7, 11) is 0. The summed E-state index contributed by atoms with van der Waals surface area (Å²) in [6.07, 6.45) is 37.7. The van der Waals surface area contributed by atoms with Crippen molar-refractivity contribution in [3.63, 3.8) is 0 Å². The second-order valence-electron chi connectivity index (χ2n) is 20.8. The molecule has 73 heavy (non-hydrogen) atoms. The zero-order chi connectivity index (χ0) is 53.0. The number of aliphatic hydroxyl groups excluding tert-OH is 7. The summed E-state index contributed by atoms with van der Waals surface area (Å²) in [5.41, 5.74) is 0. The molecule has 0 aliphatic carbocycles. The molecule has 0 amide bonds. The van der Waals surface area contributed by atoms with Gasteiger partial charge in [0.05, 0.1) is 26.4 Å². The maximum Gasteiger partial charge on any atom is 0.306 e. The van der Waals surface area contributed by atoms with Gasteiger partial charge in [0.2, 0.25) is 0 Å². The molecule has 2 aliphatic rings. The van der Waals surface area contributed by atoms with Gasteiger partial charge in [0.15, 0.2) is 12.6 Å². The lowest BCUT2D eigenvalue weighted by Gasteiger charge is -2.42. The Morgan fingerprint density at radius 2 is 0.849 bits per heavy atom. The molecule has 11 unspecified atom stereocenters. The van der Waals surface area contributed by atoms with Crippen LogP contribution >= 0.6 is 0 Å². The van der Waals surface area contributed by atoms with E-state index in [0.29, 0.717) is 13.0 Å². The molecule has 14 nitrogen and oxygen atoms in total. The highest BCUT2D eigenvalue weighted by atomic mass is 16.7. The van der Waals surface area contributed by atoms with Crippen molar-refractivity contribution in [2.45, 2.75) is 300 Å². The number of rotatable bonds is 48. The van der Waals surface area contributed by atoms with Gasteiger partial charge in [-0.25, -0.2) is 0 Å². The maximum atomic E-state index is 13.1. The fraction of sp³-hybridized carbons (Fsp3) is 0.881. The Labute approximate surface area is 442 Å². The van der Waals surface area contributed by atoms with Crippen LogP contribution in [0.25, 0.3) is 0 Å². The molecule has 0 saturated carbocycles. The first-order valence-electron chi connectivity index (χ1n) is 29.6. The molecule has 0 spiro atoms. The number of unbranched alkanes of at least 4 members (excludes halogenated alkanes) is 28. The van der Waals surface area contributed by atoms with Crippen LogP contribution in [0.4, 0.5) is 0 Å². The van der Waals surface area contributed by atoms with E-state index in [0.717, 1.165) is 70.6 Å². The summed E-state index contributed by atoms with van der Waals surface area (Å²) in [6.45, 7) is 3.69. The number of aliphatic hydroxyl groups is 7. The normalized spacial score (nSPS) is 25.2. The third kappa shape index (κ3) is 33.2. The molecule has 7 N–H and O–H groups in total. The first-order chi connectivity index (χ1) is 35.6. The SMILES string of the molecule is CCCCC/C=C\C/C=C\C/C=C\CCCCCCCCC(=O)OC(COCCCCCCCCCCCCCCCCCCCCCC)COC1OC(COC2OC(CO)C(O)C(O)C2O)C(O)C(O)C1O. The lowest BCUT2D eigenvalue weighted by Crippen LogP contribution is -2.61. The van der Waals surface area contributed by atoms with Crippen LogP contribution in [0.2, 0.25) is 0 Å². The third-order valence-corrected chi connectivity index (χ3v) is 14.2. The minimum Gasteiger partial charge on any atom is -0.457 e. The van der Waals surface area contributed by atoms with E-state index in [9.17, 15) is 40.5 Å². The van der Waals surface area contributed by atoms with Gasteiger partial charge in [0.1, 0.15) is 54.9 Å². The Kier molecular flexibility index (Phi) is 42.7. The summed E-state index contributed by atoms with van der Waals surface area (Å²) in [5, 5.41) is 72.3. The average molecular weight is 1040 g/mol. The van der Waals surface area contributed by atoms with E-state index in [1.807, 2.05) is 0 Å². The number of esters is 1. The molecule has 2 heterocycles. The highest BCUT2D eigenvalue weighted by molar-refractivity contribution is 5.69. The van der Waals surface area contributed by atoms with E-state index < -0.39 is 80.7 Å². The number of carbonyl (C=O) groups is 1. The molecular formula is C59H108O14. The summed E-state index contributed by atoms with van der Waals surface area (Å²) in [4.78, 5) is 13.1. The average Bonchev–Trinajstić information content (AvgIpc) is 3.39. The highest BCUT2D eigenvalue weighted by Gasteiger charge is 2.47. The molecule has 2 aliphatic heterocycles. The van der Waals surface area contributed by atoms with Gasteiger partial charge >= 0.3 is 5.97 Å². The second kappa shape index (κ2) is 46.3. The van der Waals surface area contributed by atoms with Gasteiger partial charge in [0.25, 0.3) is 0 Å². The molecule has 0 radical (unpaired) electrons. The van der Waals surface area contributed by atoms with Gasteiger partial charge in [-0.1, -0.05) is 211 Å². The number of ether oxygens (including phenoxy) is 6. The molecule has 2 rings (SSSR count). The Morgan fingerprint density at radius 3 is 1.36 bits per heavy atom.